The van der Waals surface area contributed by atoms with Crippen LogP contribution >= 0.6 is 0 Å². The van der Waals surface area contributed by atoms with Gasteiger partial charge in [0.25, 0.3) is 0 Å². The summed E-state index contributed by atoms with van der Waals surface area (Å²) >= 11 is 0. The highest BCUT2D eigenvalue weighted by atomic mass is 16.5. The number of aromatic nitrogens is 3. The molecular weight excluding hydrogens is 560 g/mol. The third kappa shape index (κ3) is 5.04. The quantitative estimate of drug-likeness (QED) is 0.337. The Bertz CT molecular complexity index is 1450. The van der Waals surface area contributed by atoms with Crippen LogP contribution in [-0.2, 0) is 26.3 Å². The summed E-state index contributed by atoms with van der Waals surface area (Å²) in [5, 5.41) is 44.5. The molecule has 10 heteroatoms. The number of phenols is 1. The van der Waals surface area contributed by atoms with Crippen molar-refractivity contribution in [3.05, 3.63) is 47.3 Å². The standard InChI is InChI=1S/C34H46N4O6/c1-5-23(6-2)44-29-17-21(32(41)42)16-28(31(29)35-19(3)39)38-18-30(36-37-38)34(43)14-12-27-26-9-7-20-15-22(40)8-10-24(20)25(26)11-13-33(27,34)4/h8,10,15-16,18,21,23,25-27,29,31,40,43H,5-7,9,11-14,17H2,1-4H3,(H,35,39)(H,41,42)/t21?,25?,26?,27?,29-,31-,33+,34-/m1/s1. The number of carboxylic acid groups (broad SMARTS) is 1. The summed E-state index contributed by atoms with van der Waals surface area (Å²) < 4.78 is 7.93. The number of carbonyl (C=O) groups excluding carboxylic acids is 1. The number of aliphatic carboxylic acids is 1. The predicted molar refractivity (Wildman–Crippen MR) is 164 cm³/mol. The molecule has 2 aromatic rings. The summed E-state index contributed by atoms with van der Waals surface area (Å²) in [5.41, 5.74) is 1.98. The second kappa shape index (κ2) is 11.6. The Kier molecular flexibility index (Phi) is 8.11. The number of fused-ring (bicyclic) bond motifs is 5. The fourth-order valence-electron chi connectivity index (χ4n) is 9.18. The zero-order chi connectivity index (χ0) is 31.4. The molecule has 4 N–H and O–H groups in total. The largest absolute Gasteiger partial charge is 0.508 e. The average Bonchev–Trinajstić information content (AvgIpc) is 3.59. The maximum Gasteiger partial charge on any atom is 0.310 e. The van der Waals surface area contributed by atoms with Gasteiger partial charge in [-0.05, 0) is 105 Å². The monoisotopic (exact) mass is 606 g/mol. The molecule has 0 aliphatic heterocycles. The van der Waals surface area contributed by atoms with E-state index in [0.717, 1.165) is 44.9 Å². The van der Waals surface area contributed by atoms with Gasteiger partial charge in [-0.15, -0.1) is 5.10 Å². The fourth-order valence-corrected chi connectivity index (χ4v) is 9.18. The molecule has 4 unspecified atom stereocenters. The lowest BCUT2D eigenvalue weighted by atomic mass is 9.53. The molecule has 0 saturated heterocycles. The number of aryl methyl sites for hydroxylation is 1. The van der Waals surface area contributed by atoms with Gasteiger partial charge < -0.3 is 25.4 Å². The number of carboxylic acids is 1. The number of ether oxygens (including phenoxy) is 1. The first-order valence-corrected chi connectivity index (χ1v) is 16.3. The Morgan fingerprint density at radius 1 is 1.18 bits per heavy atom. The number of phenolic OH excluding ortho intramolecular Hbond substituents is 1. The Balaban J connectivity index is 1.31. The van der Waals surface area contributed by atoms with E-state index in [1.807, 2.05) is 19.9 Å². The van der Waals surface area contributed by atoms with Crippen LogP contribution in [0.5, 0.6) is 5.75 Å². The van der Waals surface area contributed by atoms with Gasteiger partial charge in [0, 0.05) is 12.3 Å². The van der Waals surface area contributed by atoms with Crippen molar-refractivity contribution in [2.75, 3.05) is 0 Å². The molecule has 238 valence electrons. The molecule has 4 aliphatic rings. The number of nitrogens with one attached hydrogen (secondary N) is 1. The predicted octanol–water partition coefficient (Wildman–Crippen LogP) is 4.75. The van der Waals surface area contributed by atoms with Gasteiger partial charge >= 0.3 is 5.97 Å². The summed E-state index contributed by atoms with van der Waals surface area (Å²) in [4.78, 5) is 24.6. The van der Waals surface area contributed by atoms with Gasteiger partial charge in [0.1, 0.15) is 17.0 Å². The van der Waals surface area contributed by atoms with Crippen LogP contribution in [0.25, 0.3) is 5.70 Å². The number of aliphatic hydroxyl groups is 1. The minimum absolute atomic E-state index is 0.0694. The van der Waals surface area contributed by atoms with Crippen molar-refractivity contribution in [1.29, 1.82) is 0 Å². The van der Waals surface area contributed by atoms with E-state index in [2.05, 4.69) is 28.6 Å². The van der Waals surface area contributed by atoms with Crippen LogP contribution in [-0.4, -0.2) is 60.4 Å². The van der Waals surface area contributed by atoms with Crippen molar-refractivity contribution in [2.24, 2.45) is 23.2 Å². The molecule has 0 bridgehead atoms. The van der Waals surface area contributed by atoms with Crippen molar-refractivity contribution < 1.29 is 29.6 Å². The third-order valence-corrected chi connectivity index (χ3v) is 11.5. The minimum Gasteiger partial charge on any atom is -0.508 e. The van der Waals surface area contributed by atoms with Crippen molar-refractivity contribution in [2.45, 2.75) is 115 Å². The normalized spacial score (nSPS) is 34.5. The van der Waals surface area contributed by atoms with Crippen LogP contribution in [0.3, 0.4) is 0 Å². The smallest absolute Gasteiger partial charge is 0.310 e. The average molecular weight is 607 g/mol. The van der Waals surface area contributed by atoms with Gasteiger partial charge in [-0.2, -0.15) is 0 Å². The van der Waals surface area contributed by atoms with Crippen molar-refractivity contribution in [3.8, 4) is 5.75 Å². The topological polar surface area (TPSA) is 147 Å². The van der Waals surface area contributed by atoms with E-state index in [0.29, 0.717) is 41.3 Å². The van der Waals surface area contributed by atoms with E-state index in [9.17, 15) is 24.9 Å². The van der Waals surface area contributed by atoms with Crippen molar-refractivity contribution in [3.63, 3.8) is 0 Å². The summed E-state index contributed by atoms with van der Waals surface area (Å²) in [7, 11) is 0. The molecule has 2 saturated carbocycles. The Morgan fingerprint density at radius 2 is 1.95 bits per heavy atom. The van der Waals surface area contributed by atoms with Crippen LogP contribution in [0.2, 0.25) is 0 Å². The molecule has 44 heavy (non-hydrogen) atoms. The van der Waals surface area contributed by atoms with Crippen molar-refractivity contribution >= 4 is 17.6 Å². The van der Waals surface area contributed by atoms with Crippen LogP contribution in [0, 0.1) is 23.2 Å². The molecule has 4 aliphatic carbocycles. The van der Waals surface area contributed by atoms with Crippen LogP contribution in [0.1, 0.15) is 102 Å². The lowest BCUT2D eigenvalue weighted by Gasteiger charge is -2.52. The highest BCUT2D eigenvalue weighted by Gasteiger charge is 2.63. The molecule has 2 fully saturated rings. The van der Waals surface area contributed by atoms with Gasteiger partial charge in [-0.3, -0.25) is 9.59 Å². The van der Waals surface area contributed by atoms with Gasteiger partial charge in [0.15, 0.2) is 0 Å². The highest BCUT2D eigenvalue weighted by molar-refractivity contribution is 5.79. The van der Waals surface area contributed by atoms with Crippen LogP contribution < -0.4 is 5.32 Å². The van der Waals surface area contributed by atoms with E-state index >= 15 is 0 Å². The Labute approximate surface area is 258 Å². The summed E-state index contributed by atoms with van der Waals surface area (Å²) in [5.74, 6) is -0.538. The highest BCUT2D eigenvalue weighted by Crippen LogP contribution is 2.66. The second-order valence-corrected chi connectivity index (χ2v) is 13.8. The number of hydrogen-bond donors (Lipinski definition) is 4. The summed E-state index contributed by atoms with van der Waals surface area (Å²) in [6.07, 6.45) is 9.74. The lowest BCUT2D eigenvalue weighted by Crippen LogP contribution is -2.50. The molecule has 0 spiro atoms. The fraction of sp³-hybridized carbons (Fsp3) is 0.647. The maximum absolute atomic E-state index is 12.5. The number of amides is 1. The third-order valence-electron chi connectivity index (χ3n) is 11.5. The van der Waals surface area contributed by atoms with Crippen LogP contribution in [0.4, 0.5) is 0 Å². The van der Waals surface area contributed by atoms with E-state index in [1.54, 1.807) is 18.3 Å². The summed E-state index contributed by atoms with van der Waals surface area (Å²) in [6, 6.07) is 5.18. The number of carbonyl (C=O) groups is 2. The molecule has 6 rings (SSSR count). The number of aromatic hydroxyl groups is 1. The maximum atomic E-state index is 12.5. The first-order valence-electron chi connectivity index (χ1n) is 16.3. The van der Waals surface area contributed by atoms with Gasteiger partial charge in [0.2, 0.25) is 5.91 Å². The zero-order valence-electron chi connectivity index (χ0n) is 26.2. The molecule has 8 atom stereocenters. The molecule has 1 aromatic carbocycles. The Morgan fingerprint density at radius 3 is 2.66 bits per heavy atom. The number of benzene rings is 1. The van der Waals surface area contributed by atoms with E-state index < -0.39 is 35.0 Å². The number of rotatable bonds is 8. The molecule has 1 heterocycles. The number of hydrogen-bond acceptors (Lipinski definition) is 7. The molecular formula is C34H46N4O6. The van der Waals surface area contributed by atoms with Gasteiger partial charge in [0.05, 0.1) is 36.1 Å². The zero-order valence-corrected chi connectivity index (χ0v) is 26.2. The van der Waals surface area contributed by atoms with E-state index in [1.165, 1.54) is 22.7 Å². The molecule has 1 amide bonds. The first kappa shape index (κ1) is 30.8. The van der Waals surface area contributed by atoms with E-state index in [-0.39, 0.29) is 18.4 Å². The summed E-state index contributed by atoms with van der Waals surface area (Å²) in [6.45, 7) is 7.69. The second-order valence-electron chi connectivity index (χ2n) is 13.8. The van der Waals surface area contributed by atoms with E-state index in [4.69, 9.17) is 4.74 Å². The van der Waals surface area contributed by atoms with Gasteiger partial charge in [-0.25, -0.2) is 4.68 Å². The SMILES string of the molecule is CCC(CC)O[C@@H]1CC(C(=O)O)C=C(n2cc([C@]3(O)CCC4C5CCc6cc(O)ccc6C5CC[C@@]43C)nn2)[C@H]1NC(C)=O. The Hall–Kier alpha value is -3.24. The van der Waals surface area contributed by atoms with Gasteiger partial charge in [-0.1, -0.05) is 32.1 Å². The van der Waals surface area contributed by atoms with Crippen LogP contribution in [0.15, 0.2) is 30.5 Å². The molecule has 10 nitrogen and oxygen atoms in total. The van der Waals surface area contributed by atoms with Crippen molar-refractivity contribution in [1.82, 2.24) is 20.3 Å². The minimum atomic E-state index is -1.19. The first-order chi connectivity index (χ1) is 21.0. The number of nitrogens with zero attached hydrogens (tertiary/aromatic N) is 3. The molecule has 0 radical (unpaired) electrons. The molecule has 1 aromatic heterocycles. The lowest BCUT2D eigenvalue weighted by molar-refractivity contribution is -0.142.